The maximum atomic E-state index is 12.9. The first kappa shape index (κ1) is 20.1. The highest BCUT2D eigenvalue weighted by Gasteiger charge is 2.29. The molecule has 0 N–H and O–H groups in total. The van der Waals surface area contributed by atoms with Crippen LogP contribution < -0.4 is 14.0 Å². The van der Waals surface area contributed by atoms with E-state index in [-0.39, 0.29) is 22.8 Å². The van der Waals surface area contributed by atoms with E-state index in [4.69, 9.17) is 9.47 Å². The number of benzene rings is 2. The van der Waals surface area contributed by atoms with E-state index < -0.39 is 0 Å². The van der Waals surface area contributed by atoms with Crippen molar-refractivity contribution in [2.75, 3.05) is 14.2 Å². The van der Waals surface area contributed by atoms with Gasteiger partial charge in [0.1, 0.15) is 6.20 Å². The van der Waals surface area contributed by atoms with Gasteiger partial charge in [-0.05, 0) is 24.6 Å². The first-order valence-corrected chi connectivity index (χ1v) is 9.13. The molecule has 28 heavy (non-hydrogen) atoms. The van der Waals surface area contributed by atoms with Gasteiger partial charge in [-0.25, -0.2) is 9.13 Å². The number of ether oxygens (including phenoxy) is 2. The molecule has 6 heteroatoms. The number of carbonyl (C=O) groups excluding carboxylic acids is 1. The number of imidazole rings is 1. The van der Waals surface area contributed by atoms with Crippen LogP contribution in [0.4, 0.5) is 0 Å². The van der Waals surface area contributed by atoms with E-state index in [0.717, 1.165) is 19.4 Å². The Morgan fingerprint density at radius 1 is 1.07 bits per heavy atom. The summed E-state index contributed by atoms with van der Waals surface area (Å²) >= 11 is 0. The van der Waals surface area contributed by atoms with Crippen LogP contribution in [0, 0.1) is 0 Å². The fourth-order valence-electron chi connectivity index (χ4n) is 3.74. The number of hydrogen-bond acceptors (Lipinski definition) is 3. The standard InChI is InChI=1S/C22H23N2O3.BrH/c1-26-20-11-10-17(13-21(20)27-2)19(25)15-23-14-18(16-7-4-3-5-8-16)24-12-6-9-22(23)24;/h3-5,7-8,10-11,13-14H,6,9,12,15H2,1-2H3;1H/q+1;. The van der Waals surface area contributed by atoms with Crippen LogP contribution in [-0.4, -0.2) is 24.6 Å². The summed E-state index contributed by atoms with van der Waals surface area (Å²) in [5.41, 5.74) is 2.97. The molecule has 0 atom stereocenters. The molecule has 1 aliphatic rings. The zero-order chi connectivity index (χ0) is 18.8. The summed E-state index contributed by atoms with van der Waals surface area (Å²) in [6, 6.07) is 15.6. The van der Waals surface area contributed by atoms with E-state index in [1.54, 1.807) is 32.4 Å². The van der Waals surface area contributed by atoms with E-state index in [0.29, 0.717) is 23.6 Å². The first-order chi connectivity index (χ1) is 13.2. The SMILES string of the molecule is Br.COc1ccc(C(=O)C[n+]2cc(-c3ccccc3)n3c2CCC3)cc1OC. The number of ketones is 1. The van der Waals surface area contributed by atoms with Crippen molar-refractivity contribution in [3.8, 4) is 22.8 Å². The van der Waals surface area contributed by atoms with Gasteiger partial charge in [-0.15, -0.1) is 17.0 Å². The Morgan fingerprint density at radius 2 is 1.82 bits per heavy atom. The van der Waals surface area contributed by atoms with Crippen LogP contribution in [0.2, 0.25) is 0 Å². The van der Waals surface area contributed by atoms with Crippen molar-refractivity contribution in [3.05, 3.63) is 66.1 Å². The van der Waals surface area contributed by atoms with Gasteiger partial charge in [-0.3, -0.25) is 4.79 Å². The van der Waals surface area contributed by atoms with Crippen molar-refractivity contribution >= 4 is 22.8 Å². The van der Waals surface area contributed by atoms with Gasteiger partial charge in [-0.2, -0.15) is 0 Å². The van der Waals surface area contributed by atoms with Crippen LogP contribution in [0.5, 0.6) is 11.5 Å². The zero-order valence-corrected chi connectivity index (χ0v) is 17.8. The minimum absolute atomic E-state index is 0. The second-order valence-corrected chi connectivity index (χ2v) is 6.67. The smallest absolute Gasteiger partial charge is 0.257 e. The van der Waals surface area contributed by atoms with Crippen LogP contribution in [0.25, 0.3) is 11.3 Å². The van der Waals surface area contributed by atoms with Gasteiger partial charge < -0.3 is 9.47 Å². The van der Waals surface area contributed by atoms with Gasteiger partial charge >= 0.3 is 0 Å². The van der Waals surface area contributed by atoms with E-state index in [1.165, 1.54) is 17.1 Å². The Morgan fingerprint density at radius 3 is 2.54 bits per heavy atom. The van der Waals surface area contributed by atoms with Crippen LogP contribution in [0.15, 0.2) is 54.7 Å². The van der Waals surface area contributed by atoms with Crippen molar-refractivity contribution in [2.24, 2.45) is 0 Å². The predicted molar refractivity (Wildman–Crippen MR) is 113 cm³/mol. The van der Waals surface area contributed by atoms with Crippen LogP contribution in [0.3, 0.4) is 0 Å². The third kappa shape index (κ3) is 3.69. The molecule has 1 aromatic heterocycles. The number of Topliss-reactive ketones (excluding diaryl/α,β-unsaturated/α-hetero) is 1. The molecule has 0 aliphatic carbocycles. The van der Waals surface area contributed by atoms with Gasteiger partial charge in [0.25, 0.3) is 5.82 Å². The number of halogens is 1. The molecule has 0 saturated heterocycles. The molecule has 2 aromatic carbocycles. The zero-order valence-electron chi connectivity index (χ0n) is 16.1. The lowest BCUT2D eigenvalue weighted by Gasteiger charge is -2.08. The van der Waals surface area contributed by atoms with Crippen molar-refractivity contribution in [1.82, 2.24) is 4.57 Å². The fraction of sp³-hybridized carbons (Fsp3) is 0.273. The molecule has 0 fully saturated rings. The van der Waals surface area contributed by atoms with E-state index in [2.05, 4.69) is 27.5 Å². The normalized spacial score (nSPS) is 12.2. The lowest BCUT2D eigenvalue weighted by Crippen LogP contribution is -2.40. The number of hydrogen-bond donors (Lipinski definition) is 0. The summed E-state index contributed by atoms with van der Waals surface area (Å²) in [5, 5.41) is 0. The monoisotopic (exact) mass is 443 g/mol. The molecular weight excluding hydrogens is 420 g/mol. The molecular formula is C22H24BrN2O3+. The maximum Gasteiger partial charge on any atom is 0.257 e. The molecule has 0 spiro atoms. The highest BCUT2D eigenvalue weighted by molar-refractivity contribution is 8.93. The van der Waals surface area contributed by atoms with Gasteiger partial charge in [0.15, 0.2) is 23.7 Å². The predicted octanol–water partition coefficient (Wildman–Crippen LogP) is 3.87. The largest absolute Gasteiger partial charge is 0.493 e. The number of aromatic nitrogens is 2. The Kier molecular flexibility index (Phi) is 6.19. The lowest BCUT2D eigenvalue weighted by atomic mass is 10.1. The molecule has 3 aromatic rings. The van der Waals surface area contributed by atoms with Crippen molar-refractivity contribution in [2.45, 2.75) is 25.9 Å². The Hall–Kier alpha value is -2.60. The molecule has 5 nitrogen and oxygen atoms in total. The lowest BCUT2D eigenvalue weighted by molar-refractivity contribution is -0.689. The molecule has 4 rings (SSSR count). The second-order valence-electron chi connectivity index (χ2n) is 6.67. The van der Waals surface area contributed by atoms with Crippen LogP contribution in [-0.2, 0) is 19.5 Å². The highest BCUT2D eigenvalue weighted by Crippen LogP contribution is 2.28. The number of nitrogens with zero attached hydrogens (tertiary/aromatic N) is 2. The molecule has 0 unspecified atom stereocenters. The third-order valence-electron chi connectivity index (χ3n) is 5.08. The van der Waals surface area contributed by atoms with Crippen molar-refractivity contribution in [1.29, 1.82) is 0 Å². The Bertz CT molecular complexity index is 983. The number of rotatable bonds is 6. The molecule has 0 bridgehead atoms. The topological polar surface area (TPSA) is 44.3 Å². The molecule has 0 amide bonds. The molecule has 2 heterocycles. The minimum atomic E-state index is 0. The van der Waals surface area contributed by atoms with E-state index in [9.17, 15) is 4.79 Å². The summed E-state index contributed by atoms with van der Waals surface area (Å²) < 4.78 is 15.0. The van der Waals surface area contributed by atoms with Crippen molar-refractivity contribution in [3.63, 3.8) is 0 Å². The van der Waals surface area contributed by atoms with Gasteiger partial charge in [0.2, 0.25) is 5.78 Å². The molecule has 1 aliphatic heterocycles. The summed E-state index contributed by atoms with van der Waals surface area (Å²) in [6.07, 6.45) is 4.20. The Balaban J connectivity index is 0.00000225. The number of methoxy groups -OCH3 is 2. The van der Waals surface area contributed by atoms with Gasteiger partial charge in [0.05, 0.1) is 27.2 Å². The van der Waals surface area contributed by atoms with Gasteiger partial charge in [0, 0.05) is 11.1 Å². The quantitative estimate of drug-likeness (QED) is 0.429. The summed E-state index contributed by atoms with van der Waals surface area (Å²) in [5.74, 6) is 2.46. The first-order valence-electron chi connectivity index (χ1n) is 9.13. The fourth-order valence-corrected chi connectivity index (χ4v) is 3.74. The average Bonchev–Trinajstić information content (AvgIpc) is 3.32. The van der Waals surface area contributed by atoms with E-state index >= 15 is 0 Å². The van der Waals surface area contributed by atoms with Crippen molar-refractivity contribution < 1.29 is 18.8 Å². The van der Waals surface area contributed by atoms with Crippen LogP contribution in [0.1, 0.15) is 22.6 Å². The molecule has 0 saturated carbocycles. The van der Waals surface area contributed by atoms with Gasteiger partial charge in [-0.1, -0.05) is 30.3 Å². The Labute approximate surface area is 175 Å². The highest BCUT2D eigenvalue weighted by atomic mass is 79.9. The number of carbonyl (C=O) groups is 1. The third-order valence-corrected chi connectivity index (χ3v) is 5.08. The van der Waals surface area contributed by atoms with Crippen LogP contribution >= 0.6 is 17.0 Å². The molecule has 0 radical (unpaired) electrons. The number of fused-ring (bicyclic) bond motifs is 1. The average molecular weight is 444 g/mol. The summed E-state index contributed by atoms with van der Waals surface area (Å²) in [4.78, 5) is 12.9. The summed E-state index contributed by atoms with van der Waals surface area (Å²) in [7, 11) is 3.17. The molecule has 146 valence electrons. The maximum absolute atomic E-state index is 12.9. The minimum Gasteiger partial charge on any atom is -0.493 e. The van der Waals surface area contributed by atoms with E-state index in [1.807, 2.05) is 18.2 Å². The second kappa shape index (κ2) is 8.61. The summed E-state index contributed by atoms with van der Waals surface area (Å²) in [6.45, 7) is 1.31.